The summed E-state index contributed by atoms with van der Waals surface area (Å²) in [5.74, 6) is 0.341. The maximum absolute atomic E-state index is 14.0. The number of ketones is 2. The first-order chi connectivity index (χ1) is 42.2. The van der Waals surface area contributed by atoms with Gasteiger partial charge in [-0.2, -0.15) is 0 Å². The van der Waals surface area contributed by atoms with Crippen LogP contribution in [0, 0.1) is 0 Å². The number of nitrogens with zero attached hydrogens (tertiary/aromatic N) is 2. The number of carbonyl (C=O) groups excluding carboxylic acids is 6. The number of aromatic hydroxyl groups is 3. The summed E-state index contributed by atoms with van der Waals surface area (Å²) in [7, 11) is 0. The highest BCUT2D eigenvalue weighted by molar-refractivity contribution is 9.09. The second-order valence-electron chi connectivity index (χ2n) is 22.2. The number of para-hydroxylation sites is 2. The lowest BCUT2D eigenvalue weighted by Gasteiger charge is -2.15. The van der Waals surface area contributed by atoms with Crippen molar-refractivity contribution in [3.05, 3.63) is 204 Å². The second kappa shape index (κ2) is 24.2. The molecule has 87 heavy (non-hydrogen) atoms. The minimum absolute atomic E-state index is 0.151. The van der Waals surface area contributed by atoms with E-state index in [1.807, 2.05) is 109 Å². The predicted molar refractivity (Wildman–Crippen MR) is 351 cm³/mol. The summed E-state index contributed by atoms with van der Waals surface area (Å²) in [5, 5.41) is 44.7. The highest BCUT2D eigenvalue weighted by atomic mass is 79.9. The molecule has 0 saturated heterocycles. The Balaban J connectivity index is 0.000000151. The summed E-state index contributed by atoms with van der Waals surface area (Å²) in [5.41, 5.74) is 2.63. The van der Waals surface area contributed by atoms with Gasteiger partial charge in [0.2, 0.25) is 0 Å². The molecule has 0 spiro atoms. The van der Waals surface area contributed by atoms with Crippen LogP contribution >= 0.6 is 15.9 Å². The Kier molecular flexibility index (Phi) is 16.0. The average Bonchev–Trinajstić information content (AvgIpc) is 1.76. The maximum atomic E-state index is 14.0. The molecule has 3 N–H and O–H groups in total. The number of imide groups is 2. The van der Waals surface area contributed by atoms with E-state index < -0.39 is 0 Å². The first-order valence-electron chi connectivity index (χ1n) is 29.1. The van der Waals surface area contributed by atoms with Gasteiger partial charge in [0, 0.05) is 18.2 Å². The molecule has 13 heteroatoms. The zero-order valence-corrected chi connectivity index (χ0v) is 49.4. The summed E-state index contributed by atoms with van der Waals surface area (Å²) in [6, 6.07) is 54.6. The minimum Gasteiger partial charge on any atom is -0.508 e. The standard InChI is InChI=1S/C37H29NO5.C30H17NO4.C7H13BrO/c1-22(39)8-4-3-7-19-43-27-14-18-29-24(21-27)12-16-31-33(29)32-28-17-13-26(40)20-23(28)11-15-30(32)34-35(31)37(42)38(36(34)41)25-9-5-2-6-10-25;32-19-8-12-21-16(14-19)6-10-23-25(21)26-22-13-9-20(33)15-17(22)7-11-24(26)28-27(23)29(34)31(30(28)35)18-4-2-1-3-5-18;1-7(9)5-3-2-4-6-8/h2,5-6,9-18,20-21,40H,3-4,7-8,19H2,1H3;1-15,32-33H;2-6H2,1H3. The first-order valence-corrected chi connectivity index (χ1v) is 30.2. The molecule has 2 aliphatic rings. The van der Waals surface area contributed by atoms with Crippen LogP contribution in [-0.2, 0) is 9.59 Å². The van der Waals surface area contributed by atoms with Gasteiger partial charge < -0.3 is 29.6 Å². The number of hydrogen-bond acceptors (Lipinski definition) is 10. The molecule has 0 atom stereocenters. The van der Waals surface area contributed by atoms with Crippen LogP contribution in [0.25, 0.3) is 86.2 Å². The molecule has 12 nitrogen and oxygen atoms in total. The van der Waals surface area contributed by atoms with Crippen molar-refractivity contribution < 1.29 is 48.8 Å². The molecule has 0 radical (unpaired) electrons. The summed E-state index contributed by atoms with van der Waals surface area (Å²) >= 11 is 3.33. The SMILES string of the molecule is CC(=O)CCCCCBr.CC(=O)CCCCCOc1ccc2c(ccc3c4c(c5ccc6cc(O)ccc6c5c32)C(=O)N(c2ccccc2)C4=O)c1.O=C1c2c(c3ccc4cc(O)ccc4c3c3c2ccc2cc(O)ccc23)C(=O)N1c1ccccc1. The van der Waals surface area contributed by atoms with Crippen molar-refractivity contribution in [1.29, 1.82) is 0 Å². The highest BCUT2D eigenvalue weighted by Crippen LogP contribution is 2.48. The third-order valence-corrected chi connectivity index (χ3v) is 16.9. The van der Waals surface area contributed by atoms with Gasteiger partial charge in [0.1, 0.15) is 34.6 Å². The maximum Gasteiger partial charge on any atom is 0.266 e. The van der Waals surface area contributed by atoms with Crippen LogP contribution in [0.4, 0.5) is 11.4 Å². The van der Waals surface area contributed by atoms with E-state index in [2.05, 4.69) is 15.9 Å². The summed E-state index contributed by atoms with van der Waals surface area (Å²) in [6.45, 7) is 3.83. The number of phenols is 3. The molecular weight excluding hydrogens is 1160 g/mol. The highest BCUT2D eigenvalue weighted by Gasteiger charge is 2.42. The van der Waals surface area contributed by atoms with E-state index in [1.165, 1.54) is 22.6 Å². The third kappa shape index (κ3) is 10.7. The number of Topliss-reactive ketones (excluding diaryl/α,β-unsaturated/α-hetero) is 2. The van der Waals surface area contributed by atoms with E-state index in [0.717, 1.165) is 108 Å². The van der Waals surface area contributed by atoms with Gasteiger partial charge in [-0.05, 0) is 205 Å². The molecular formula is C74H59BrN2O10. The second-order valence-corrected chi connectivity index (χ2v) is 23.0. The van der Waals surface area contributed by atoms with Crippen LogP contribution in [0.15, 0.2) is 182 Å². The van der Waals surface area contributed by atoms with Crippen molar-refractivity contribution in [2.45, 2.75) is 65.2 Å². The molecule has 0 unspecified atom stereocenters. The van der Waals surface area contributed by atoms with Crippen molar-refractivity contribution >= 4 is 149 Å². The Hall–Kier alpha value is -9.98. The van der Waals surface area contributed by atoms with Gasteiger partial charge in [-0.1, -0.05) is 132 Å². The van der Waals surface area contributed by atoms with E-state index in [1.54, 1.807) is 86.6 Å². The molecule has 12 aromatic carbocycles. The van der Waals surface area contributed by atoms with Crippen LogP contribution in [0.3, 0.4) is 0 Å². The van der Waals surface area contributed by atoms with Gasteiger partial charge in [-0.3, -0.25) is 19.2 Å². The van der Waals surface area contributed by atoms with Crippen molar-refractivity contribution in [1.82, 2.24) is 0 Å². The average molecular weight is 1220 g/mol. The molecule has 0 aliphatic carbocycles. The lowest BCUT2D eigenvalue weighted by atomic mass is 9.87. The summed E-state index contributed by atoms with van der Waals surface area (Å²) < 4.78 is 6.05. The van der Waals surface area contributed by atoms with Crippen LogP contribution in [0.2, 0.25) is 0 Å². The quantitative estimate of drug-likeness (QED) is 0.0411. The third-order valence-electron chi connectivity index (χ3n) is 16.4. The number of hydrogen-bond donors (Lipinski definition) is 3. The smallest absolute Gasteiger partial charge is 0.266 e. The summed E-state index contributed by atoms with van der Waals surface area (Å²) in [6.07, 6.45) is 7.45. The number of halogens is 1. The number of fused-ring (bicyclic) bond motifs is 20. The Morgan fingerprint density at radius 1 is 0.379 bits per heavy atom. The van der Waals surface area contributed by atoms with E-state index in [9.17, 15) is 44.1 Å². The fraction of sp³-hybridized carbons (Fsp3) is 0.162. The number of ether oxygens (including phenoxy) is 1. The largest absolute Gasteiger partial charge is 0.508 e. The zero-order valence-electron chi connectivity index (χ0n) is 47.9. The molecule has 0 saturated carbocycles. The van der Waals surface area contributed by atoms with Crippen molar-refractivity contribution in [2.24, 2.45) is 0 Å². The van der Waals surface area contributed by atoms with Crippen molar-refractivity contribution in [3.63, 3.8) is 0 Å². The fourth-order valence-electron chi connectivity index (χ4n) is 12.4. The number of benzene rings is 12. The van der Waals surface area contributed by atoms with E-state index >= 15 is 0 Å². The number of alkyl halides is 1. The van der Waals surface area contributed by atoms with Gasteiger partial charge in [0.05, 0.1) is 40.2 Å². The molecule has 12 aromatic rings. The Bertz CT molecular complexity index is 4710. The number of anilines is 2. The van der Waals surface area contributed by atoms with Crippen LogP contribution < -0.4 is 14.5 Å². The minimum atomic E-state index is -0.355. The summed E-state index contributed by atoms with van der Waals surface area (Å²) in [4.78, 5) is 79.7. The number of phenolic OH excluding ortho intramolecular Hbond substituents is 3. The van der Waals surface area contributed by atoms with Crippen molar-refractivity contribution in [2.75, 3.05) is 21.7 Å². The van der Waals surface area contributed by atoms with Gasteiger partial charge >= 0.3 is 0 Å². The Labute approximate surface area is 508 Å². The van der Waals surface area contributed by atoms with E-state index in [-0.39, 0.29) is 46.7 Å². The van der Waals surface area contributed by atoms with Crippen LogP contribution in [0.1, 0.15) is 107 Å². The molecule has 0 aromatic heterocycles. The predicted octanol–water partition coefficient (Wildman–Crippen LogP) is 17.4. The topological polar surface area (TPSA) is 179 Å². The first kappa shape index (κ1) is 57.5. The number of rotatable bonds is 14. The lowest BCUT2D eigenvalue weighted by molar-refractivity contribution is -0.117. The van der Waals surface area contributed by atoms with Crippen molar-refractivity contribution in [3.8, 4) is 23.0 Å². The molecule has 0 fully saturated rings. The Morgan fingerprint density at radius 2 is 0.701 bits per heavy atom. The van der Waals surface area contributed by atoms with E-state index in [0.29, 0.717) is 74.0 Å². The molecule has 432 valence electrons. The number of amides is 4. The van der Waals surface area contributed by atoms with Gasteiger partial charge in [-0.15, -0.1) is 0 Å². The molecule has 2 heterocycles. The van der Waals surface area contributed by atoms with Crippen LogP contribution in [0.5, 0.6) is 23.0 Å². The molecule has 2 aliphatic heterocycles. The fourth-order valence-corrected chi connectivity index (χ4v) is 12.8. The molecule has 4 amide bonds. The Morgan fingerprint density at radius 3 is 1.05 bits per heavy atom. The van der Waals surface area contributed by atoms with Gasteiger partial charge in [-0.25, -0.2) is 9.80 Å². The van der Waals surface area contributed by atoms with Crippen LogP contribution in [-0.4, -0.2) is 62.5 Å². The zero-order chi connectivity index (χ0) is 60.6. The number of carbonyl (C=O) groups is 6. The monoisotopic (exact) mass is 1210 g/mol. The normalized spacial score (nSPS) is 12.8. The van der Waals surface area contributed by atoms with E-state index in [4.69, 9.17) is 4.74 Å². The molecule has 14 rings (SSSR count). The van der Waals surface area contributed by atoms with Gasteiger partial charge in [0.25, 0.3) is 23.6 Å². The lowest BCUT2D eigenvalue weighted by Crippen LogP contribution is -2.29. The van der Waals surface area contributed by atoms with Gasteiger partial charge in [0.15, 0.2) is 0 Å². The molecule has 0 bridgehead atoms. The number of unbranched alkanes of at least 4 members (excludes halogenated alkanes) is 4.